The van der Waals surface area contributed by atoms with Gasteiger partial charge >= 0.3 is 6.16 Å². The van der Waals surface area contributed by atoms with E-state index in [1.165, 1.54) is 13.4 Å². The van der Waals surface area contributed by atoms with Crippen LogP contribution in [0.2, 0.25) is 0 Å². The molecule has 0 aliphatic heterocycles. The SMILES string of the molecule is CC=COC(=O)OC. The van der Waals surface area contributed by atoms with E-state index in [4.69, 9.17) is 0 Å². The number of carbonyl (C=O) groups excluding carboxylic acids is 1. The van der Waals surface area contributed by atoms with E-state index in [2.05, 4.69) is 9.47 Å². The van der Waals surface area contributed by atoms with Gasteiger partial charge in [-0.2, -0.15) is 0 Å². The zero-order valence-electron chi connectivity index (χ0n) is 4.88. The van der Waals surface area contributed by atoms with Gasteiger partial charge in [0.25, 0.3) is 0 Å². The molecule has 46 valence electrons. The second-order valence-electron chi connectivity index (χ2n) is 1.04. The number of rotatable bonds is 1. The molecular formula is C5H8O3. The van der Waals surface area contributed by atoms with Gasteiger partial charge in [-0.1, -0.05) is 6.08 Å². The molecule has 0 saturated carbocycles. The van der Waals surface area contributed by atoms with Crippen LogP contribution in [0.25, 0.3) is 0 Å². The van der Waals surface area contributed by atoms with Crippen molar-refractivity contribution >= 4 is 6.16 Å². The first-order chi connectivity index (χ1) is 3.81. The Hall–Kier alpha value is -0.990. The largest absolute Gasteiger partial charge is 0.512 e. The lowest BCUT2D eigenvalue weighted by Gasteiger charge is -1.91. The molecule has 0 atom stereocenters. The van der Waals surface area contributed by atoms with Crippen LogP contribution in [0.15, 0.2) is 12.3 Å². The third-order valence-electron chi connectivity index (χ3n) is 0.467. The minimum absolute atomic E-state index is 0.692. The first-order valence-corrected chi connectivity index (χ1v) is 2.17. The van der Waals surface area contributed by atoms with E-state index in [0.717, 1.165) is 0 Å². The summed E-state index contributed by atoms with van der Waals surface area (Å²) in [6, 6.07) is 0. The van der Waals surface area contributed by atoms with E-state index in [9.17, 15) is 4.79 Å². The van der Waals surface area contributed by atoms with Crippen LogP contribution in [0.4, 0.5) is 4.79 Å². The Morgan fingerprint density at radius 2 is 2.25 bits per heavy atom. The average Bonchev–Trinajstić information content (AvgIpc) is 1.83. The molecule has 0 N–H and O–H groups in total. The highest BCUT2D eigenvalue weighted by Crippen LogP contribution is 1.81. The Morgan fingerprint density at radius 3 is 2.62 bits per heavy atom. The molecule has 0 spiro atoms. The van der Waals surface area contributed by atoms with Crippen molar-refractivity contribution in [3.63, 3.8) is 0 Å². The molecule has 0 aromatic heterocycles. The second kappa shape index (κ2) is 4.18. The van der Waals surface area contributed by atoms with Crippen molar-refractivity contribution in [3.05, 3.63) is 12.3 Å². The zero-order chi connectivity index (χ0) is 6.41. The number of hydrogen-bond acceptors (Lipinski definition) is 3. The molecule has 3 heteroatoms. The molecule has 0 unspecified atom stereocenters. The summed E-state index contributed by atoms with van der Waals surface area (Å²) in [7, 11) is 1.26. The van der Waals surface area contributed by atoms with E-state index in [1.807, 2.05) is 0 Å². The Bertz CT molecular complexity index is 95.8. The van der Waals surface area contributed by atoms with E-state index in [1.54, 1.807) is 13.0 Å². The normalized spacial score (nSPS) is 9.25. The Labute approximate surface area is 47.9 Å². The highest BCUT2D eigenvalue weighted by Gasteiger charge is 1.92. The van der Waals surface area contributed by atoms with Crippen LogP contribution in [0, 0.1) is 0 Å². The monoisotopic (exact) mass is 116 g/mol. The van der Waals surface area contributed by atoms with Gasteiger partial charge in [-0.05, 0) is 6.92 Å². The number of carbonyl (C=O) groups is 1. The lowest BCUT2D eigenvalue weighted by molar-refractivity contribution is 0.106. The van der Waals surface area contributed by atoms with Gasteiger partial charge in [0.1, 0.15) is 0 Å². The Morgan fingerprint density at radius 1 is 1.62 bits per heavy atom. The van der Waals surface area contributed by atoms with Crippen molar-refractivity contribution in [1.82, 2.24) is 0 Å². The number of hydrogen-bond donors (Lipinski definition) is 0. The van der Waals surface area contributed by atoms with E-state index in [-0.39, 0.29) is 0 Å². The summed E-state index contributed by atoms with van der Waals surface area (Å²) in [5.74, 6) is 0. The smallest absolute Gasteiger partial charge is 0.437 e. The van der Waals surface area contributed by atoms with Crippen LogP contribution >= 0.6 is 0 Å². The molecule has 0 aliphatic rings. The minimum Gasteiger partial charge on any atom is -0.437 e. The lowest BCUT2D eigenvalue weighted by atomic mass is 10.7. The van der Waals surface area contributed by atoms with Gasteiger partial charge in [-0.15, -0.1) is 0 Å². The molecule has 8 heavy (non-hydrogen) atoms. The maximum absolute atomic E-state index is 10.1. The van der Waals surface area contributed by atoms with Gasteiger partial charge in [-0.25, -0.2) is 4.79 Å². The van der Waals surface area contributed by atoms with E-state index in [0.29, 0.717) is 0 Å². The van der Waals surface area contributed by atoms with Gasteiger partial charge in [0, 0.05) is 0 Å². The maximum Gasteiger partial charge on any atom is 0.512 e. The summed E-state index contributed by atoms with van der Waals surface area (Å²) in [5, 5.41) is 0. The molecule has 0 fully saturated rings. The summed E-state index contributed by atoms with van der Waals surface area (Å²) >= 11 is 0. The Balaban J connectivity index is 3.25. The van der Waals surface area contributed by atoms with Gasteiger partial charge in [0.2, 0.25) is 0 Å². The van der Waals surface area contributed by atoms with Crippen LogP contribution in [0.1, 0.15) is 6.92 Å². The topological polar surface area (TPSA) is 35.5 Å². The quantitative estimate of drug-likeness (QED) is 0.382. The fraction of sp³-hybridized carbons (Fsp3) is 0.400. The lowest BCUT2D eigenvalue weighted by Crippen LogP contribution is -1.97. The zero-order valence-corrected chi connectivity index (χ0v) is 4.88. The third kappa shape index (κ3) is 3.21. The molecule has 0 rings (SSSR count). The number of allylic oxidation sites excluding steroid dienone is 1. The highest BCUT2D eigenvalue weighted by atomic mass is 16.7. The molecule has 0 amide bonds. The number of ether oxygens (including phenoxy) is 2. The van der Waals surface area contributed by atoms with Gasteiger partial charge in [0.15, 0.2) is 0 Å². The van der Waals surface area contributed by atoms with Crippen molar-refractivity contribution in [2.45, 2.75) is 6.92 Å². The van der Waals surface area contributed by atoms with Crippen molar-refractivity contribution < 1.29 is 14.3 Å². The van der Waals surface area contributed by atoms with Crippen LogP contribution in [0.5, 0.6) is 0 Å². The summed E-state index contributed by atoms with van der Waals surface area (Å²) in [5.41, 5.74) is 0. The molecule has 0 aliphatic carbocycles. The molecular weight excluding hydrogens is 108 g/mol. The fourth-order valence-corrected chi connectivity index (χ4v) is 0.172. The molecule has 0 aromatic carbocycles. The molecule has 0 radical (unpaired) electrons. The third-order valence-corrected chi connectivity index (χ3v) is 0.467. The molecule has 0 saturated heterocycles. The van der Waals surface area contributed by atoms with Crippen molar-refractivity contribution in [2.75, 3.05) is 7.11 Å². The van der Waals surface area contributed by atoms with Gasteiger partial charge < -0.3 is 9.47 Å². The first kappa shape index (κ1) is 7.01. The van der Waals surface area contributed by atoms with Crippen molar-refractivity contribution in [1.29, 1.82) is 0 Å². The summed E-state index contributed by atoms with van der Waals surface area (Å²) in [6.45, 7) is 1.74. The van der Waals surface area contributed by atoms with Crippen LogP contribution in [0.3, 0.4) is 0 Å². The van der Waals surface area contributed by atoms with Gasteiger partial charge in [-0.3, -0.25) is 0 Å². The molecule has 0 bridgehead atoms. The predicted molar refractivity (Wildman–Crippen MR) is 28.3 cm³/mol. The van der Waals surface area contributed by atoms with Crippen molar-refractivity contribution in [2.24, 2.45) is 0 Å². The second-order valence-corrected chi connectivity index (χ2v) is 1.04. The van der Waals surface area contributed by atoms with Crippen LogP contribution < -0.4 is 0 Å². The van der Waals surface area contributed by atoms with E-state index >= 15 is 0 Å². The molecule has 0 aromatic rings. The first-order valence-electron chi connectivity index (χ1n) is 2.17. The highest BCUT2D eigenvalue weighted by molar-refractivity contribution is 5.60. The minimum atomic E-state index is -0.692. The fourth-order valence-electron chi connectivity index (χ4n) is 0.172. The summed E-state index contributed by atoms with van der Waals surface area (Å²) in [6.07, 6.45) is 2.16. The van der Waals surface area contributed by atoms with Gasteiger partial charge in [0.05, 0.1) is 13.4 Å². The average molecular weight is 116 g/mol. The molecule has 3 nitrogen and oxygen atoms in total. The summed E-state index contributed by atoms with van der Waals surface area (Å²) in [4.78, 5) is 10.1. The molecule has 0 heterocycles. The number of methoxy groups -OCH3 is 1. The summed E-state index contributed by atoms with van der Waals surface area (Å²) < 4.78 is 8.44. The van der Waals surface area contributed by atoms with Crippen molar-refractivity contribution in [3.8, 4) is 0 Å². The van der Waals surface area contributed by atoms with Crippen LogP contribution in [-0.4, -0.2) is 13.3 Å². The Kier molecular flexibility index (Phi) is 3.66. The maximum atomic E-state index is 10.1. The van der Waals surface area contributed by atoms with E-state index < -0.39 is 6.16 Å². The predicted octanol–water partition coefficient (Wildman–Crippen LogP) is 1.30. The standard InChI is InChI=1S/C5H8O3/c1-3-4-8-5(6)7-2/h3-4H,1-2H3. The van der Waals surface area contributed by atoms with Crippen LogP contribution in [-0.2, 0) is 9.47 Å².